The van der Waals surface area contributed by atoms with Crippen molar-refractivity contribution in [2.45, 2.75) is 38.8 Å². The van der Waals surface area contributed by atoms with Gasteiger partial charge in [0.1, 0.15) is 11.5 Å². The number of methoxy groups -OCH3 is 2. The fourth-order valence-electron chi connectivity index (χ4n) is 4.75. The average molecular weight is 517 g/mol. The monoisotopic (exact) mass is 516 g/mol. The van der Waals surface area contributed by atoms with Crippen molar-refractivity contribution < 1.29 is 14.2 Å². The number of nitrogens with zero attached hydrogens (tertiary/aromatic N) is 5. The zero-order valence-electron chi connectivity index (χ0n) is 22.6. The molecule has 38 heavy (non-hydrogen) atoms. The molecule has 1 aliphatic rings. The fourth-order valence-corrected chi connectivity index (χ4v) is 4.75. The number of aromatic nitrogens is 4. The zero-order chi connectivity index (χ0) is 26.5. The maximum atomic E-state index is 5.55. The summed E-state index contributed by atoms with van der Waals surface area (Å²) in [5, 5.41) is 8.14. The summed E-state index contributed by atoms with van der Waals surface area (Å²) in [6.45, 7) is 7.42. The van der Waals surface area contributed by atoms with Crippen molar-refractivity contribution >= 4 is 22.4 Å². The third-order valence-electron chi connectivity index (χ3n) is 6.84. The third-order valence-corrected chi connectivity index (χ3v) is 6.84. The van der Waals surface area contributed by atoms with Gasteiger partial charge in [-0.2, -0.15) is 5.10 Å². The highest BCUT2D eigenvalue weighted by atomic mass is 16.5. The van der Waals surface area contributed by atoms with E-state index in [9.17, 15) is 0 Å². The van der Waals surface area contributed by atoms with Crippen molar-refractivity contribution in [1.29, 1.82) is 0 Å². The lowest BCUT2D eigenvalue weighted by molar-refractivity contribution is 0.0662. The maximum Gasteiger partial charge on any atom is 0.124 e. The highest BCUT2D eigenvalue weighted by Crippen LogP contribution is 2.34. The molecule has 200 valence electrons. The molecule has 2 aromatic heterocycles. The number of hydrogen-bond donors (Lipinski definition) is 1. The Morgan fingerprint density at radius 1 is 1.00 bits per heavy atom. The first-order valence-electron chi connectivity index (χ1n) is 13.2. The van der Waals surface area contributed by atoms with Crippen LogP contribution in [0.3, 0.4) is 0 Å². The van der Waals surface area contributed by atoms with Crippen LogP contribution in [0.5, 0.6) is 11.5 Å². The van der Waals surface area contributed by atoms with Gasteiger partial charge in [-0.15, -0.1) is 0 Å². The lowest BCUT2D eigenvalue weighted by atomic mass is 10.1. The van der Waals surface area contributed by atoms with E-state index < -0.39 is 0 Å². The summed E-state index contributed by atoms with van der Waals surface area (Å²) >= 11 is 0. The predicted octanol–water partition coefficient (Wildman–Crippen LogP) is 5.00. The molecule has 3 heterocycles. The molecule has 0 radical (unpaired) electrons. The van der Waals surface area contributed by atoms with Gasteiger partial charge in [-0.1, -0.05) is 13.8 Å². The molecule has 1 fully saturated rings. The van der Waals surface area contributed by atoms with Gasteiger partial charge in [0.05, 0.1) is 49.4 Å². The fraction of sp³-hybridized carbons (Fsp3) is 0.414. The molecule has 5 rings (SSSR count). The first-order valence-corrected chi connectivity index (χ1v) is 13.2. The lowest BCUT2D eigenvalue weighted by Crippen LogP contribution is -2.32. The summed E-state index contributed by atoms with van der Waals surface area (Å²) in [7, 11) is 3.33. The third kappa shape index (κ3) is 5.89. The van der Waals surface area contributed by atoms with Crippen molar-refractivity contribution in [1.82, 2.24) is 25.1 Å². The SMILES string of the molecule is COc1cc(OC)cc(N(CCNC(C)C)c2ccc3ncc(-c4cnn(C5CCOCC5)c4)nc3c2)c1. The second-order valence-electron chi connectivity index (χ2n) is 9.81. The van der Waals surface area contributed by atoms with Gasteiger partial charge in [0.25, 0.3) is 0 Å². The molecule has 2 aromatic carbocycles. The van der Waals surface area contributed by atoms with Crippen LogP contribution >= 0.6 is 0 Å². The second-order valence-corrected chi connectivity index (χ2v) is 9.81. The second kappa shape index (κ2) is 11.8. The lowest BCUT2D eigenvalue weighted by Gasteiger charge is -2.27. The molecule has 0 bridgehead atoms. The minimum Gasteiger partial charge on any atom is -0.497 e. The zero-order valence-corrected chi connectivity index (χ0v) is 22.6. The summed E-state index contributed by atoms with van der Waals surface area (Å²) in [4.78, 5) is 11.9. The predicted molar refractivity (Wildman–Crippen MR) is 150 cm³/mol. The topological polar surface area (TPSA) is 86.6 Å². The van der Waals surface area contributed by atoms with E-state index in [1.54, 1.807) is 14.2 Å². The molecule has 0 amide bonds. The number of benzene rings is 2. The van der Waals surface area contributed by atoms with Crippen LogP contribution in [0.4, 0.5) is 11.4 Å². The minimum absolute atomic E-state index is 0.366. The summed E-state index contributed by atoms with van der Waals surface area (Å²) in [6, 6.07) is 12.9. The van der Waals surface area contributed by atoms with E-state index in [1.165, 1.54) is 0 Å². The van der Waals surface area contributed by atoms with Gasteiger partial charge in [0, 0.05) is 73.7 Å². The van der Waals surface area contributed by atoms with Gasteiger partial charge < -0.3 is 24.4 Å². The molecule has 1 aliphatic heterocycles. The number of fused-ring (bicyclic) bond motifs is 1. The van der Waals surface area contributed by atoms with E-state index in [-0.39, 0.29) is 0 Å². The molecule has 0 saturated carbocycles. The highest BCUT2D eigenvalue weighted by molar-refractivity contribution is 5.82. The van der Waals surface area contributed by atoms with Crippen LogP contribution in [0, 0.1) is 0 Å². The normalized spacial score (nSPS) is 14.2. The number of rotatable bonds is 10. The maximum absolute atomic E-state index is 5.55. The first-order chi connectivity index (χ1) is 18.5. The van der Waals surface area contributed by atoms with Gasteiger partial charge in [-0.3, -0.25) is 9.67 Å². The van der Waals surface area contributed by atoms with Gasteiger partial charge in [-0.25, -0.2) is 4.98 Å². The van der Waals surface area contributed by atoms with Crippen molar-refractivity contribution in [2.24, 2.45) is 0 Å². The average Bonchev–Trinajstić information content (AvgIpc) is 3.45. The van der Waals surface area contributed by atoms with Crippen LogP contribution in [0.25, 0.3) is 22.3 Å². The Morgan fingerprint density at radius 3 is 2.47 bits per heavy atom. The summed E-state index contributed by atoms with van der Waals surface area (Å²) in [5.41, 5.74) is 5.44. The number of ether oxygens (including phenoxy) is 3. The Bertz CT molecular complexity index is 1340. The minimum atomic E-state index is 0.366. The van der Waals surface area contributed by atoms with E-state index in [2.05, 4.69) is 47.5 Å². The van der Waals surface area contributed by atoms with E-state index in [0.29, 0.717) is 12.1 Å². The van der Waals surface area contributed by atoms with Crippen LogP contribution in [0.2, 0.25) is 0 Å². The van der Waals surface area contributed by atoms with Crippen LogP contribution in [-0.4, -0.2) is 66.3 Å². The van der Waals surface area contributed by atoms with Crippen LogP contribution in [-0.2, 0) is 4.74 Å². The molecule has 4 aromatic rings. The summed E-state index contributed by atoms with van der Waals surface area (Å²) in [5.74, 6) is 1.48. The summed E-state index contributed by atoms with van der Waals surface area (Å²) in [6.07, 6.45) is 7.73. The smallest absolute Gasteiger partial charge is 0.124 e. The van der Waals surface area contributed by atoms with E-state index in [1.807, 2.05) is 41.3 Å². The molecule has 0 unspecified atom stereocenters. The molecule has 0 spiro atoms. The van der Waals surface area contributed by atoms with Gasteiger partial charge in [0.2, 0.25) is 0 Å². The van der Waals surface area contributed by atoms with E-state index >= 15 is 0 Å². The summed E-state index contributed by atoms with van der Waals surface area (Å²) < 4.78 is 18.6. The number of nitrogens with one attached hydrogen (secondary N) is 1. The Labute approximate surface area is 223 Å². The molecule has 9 heteroatoms. The molecule has 0 aliphatic carbocycles. The number of hydrogen-bond acceptors (Lipinski definition) is 8. The van der Waals surface area contributed by atoms with Crippen LogP contribution in [0.15, 0.2) is 55.0 Å². The van der Waals surface area contributed by atoms with E-state index in [0.717, 1.165) is 84.3 Å². The van der Waals surface area contributed by atoms with E-state index in [4.69, 9.17) is 24.2 Å². The highest BCUT2D eigenvalue weighted by Gasteiger charge is 2.18. The first kappa shape index (κ1) is 25.9. The van der Waals surface area contributed by atoms with Gasteiger partial charge >= 0.3 is 0 Å². The van der Waals surface area contributed by atoms with Crippen LogP contribution in [0.1, 0.15) is 32.7 Å². The van der Waals surface area contributed by atoms with Crippen molar-refractivity contribution in [3.8, 4) is 22.8 Å². The Morgan fingerprint density at radius 2 is 1.76 bits per heavy atom. The quantitative estimate of drug-likeness (QED) is 0.315. The number of anilines is 2. The van der Waals surface area contributed by atoms with Gasteiger partial charge in [-0.05, 0) is 31.0 Å². The molecular formula is C29H36N6O3. The Balaban J connectivity index is 1.48. The molecule has 1 saturated heterocycles. The molecule has 0 atom stereocenters. The molecule has 1 N–H and O–H groups in total. The van der Waals surface area contributed by atoms with Gasteiger partial charge in [0.15, 0.2) is 0 Å². The largest absolute Gasteiger partial charge is 0.497 e. The standard InChI is InChI=1S/C29H36N6O3/c1-20(2)30-9-10-34(24-13-25(36-3)16-26(14-24)37-4)23-5-6-27-28(15-23)33-29(18-31-27)21-17-32-35(19-21)22-7-11-38-12-8-22/h5-6,13-20,22,30H,7-12H2,1-4H3. The van der Waals surface area contributed by atoms with Crippen molar-refractivity contribution in [3.63, 3.8) is 0 Å². The Hall–Kier alpha value is -3.69. The molecule has 9 nitrogen and oxygen atoms in total. The van der Waals surface area contributed by atoms with Crippen LogP contribution < -0.4 is 19.7 Å². The van der Waals surface area contributed by atoms with Crippen molar-refractivity contribution in [3.05, 3.63) is 55.0 Å². The van der Waals surface area contributed by atoms with Crippen molar-refractivity contribution in [2.75, 3.05) is 45.4 Å². The molecular weight excluding hydrogens is 480 g/mol. The Kier molecular flexibility index (Phi) is 8.05.